The number of carbonyl (C=O) groups is 2. The molecule has 0 aliphatic rings. The number of nitrogens with two attached hydrogens (primary N) is 1. The molecule has 0 aromatic carbocycles. The summed E-state index contributed by atoms with van der Waals surface area (Å²) < 4.78 is 0. The molecule has 15 heavy (non-hydrogen) atoms. The van der Waals surface area contributed by atoms with Crippen molar-refractivity contribution in [3.05, 3.63) is 0 Å². The topological polar surface area (TPSA) is 87.5 Å². The van der Waals surface area contributed by atoms with Gasteiger partial charge in [0.15, 0.2) is 0 Å². The minimum Gasteiger partial charge on any atom is -0.352 e. The summed E-state index contributed by atoms with van der Waals surface area (Å²) >= 11 is 0. The summed E-state index contributed by atoms with van der Waals surface area (Å²) in [6.07, 6.45) is 0.715. The number of amides is 3. The zero-order valence-corrected chi connectivity index (χ0v) is 9.38. The van der Waals surface area contributed by atoms with Crippen molar-refractivity contribution in [3.63, 3.8) is 0 Å². The smallest absolute Gasteiger partial charge is 0.312 e. The van der Waals surface area contributed by atoms with Crippen molar-refractivity contribution < 1.29 is 9.59 Å². The summed E-state index contributed by atoms with van der Waals surface area (Å²) in [7, 11) is 1.84. The first kappa shape index (κ1) is 13.7. The van der Waals surface area contributed by atoms with Gasteiger partial charge in [-0.2, -0.15) is 0 Å². The minimum absolute atomic E-state index is 0.0457. The molecule has 0 atom stereocenters. The van der Waals surface area contributed by atoms with Crippen LogP contribution < -0.4 is 16.4 Å². The molecule has 0 heterocycles. The van der Waals surface area contributed by atoms with Crippen molar-refractivity contribution in [2.45, 2.75) is 13.3 Å². The maximum Gasteiger partial charge on any atom is 0.312 e. The van der Waals surface area contributed by atoms with Gasteiger partial charge in [-0.25, -0.2) is 4.79 Å². The SMILES string of the molecule is CNCCN(CCCNC(N)=O)C(C)=O. The highest BCUT2D eigenvalue weighted by Gasteiger charge is 2.06. The van der Waals surface area contributed by atoms with E-state index in [0.29, 0.717) is 26.1 Å². The number of urea groups is 1. The molecule has 0 rings (SSSR count). The minimum atomic E-state index is -0.528. The molecule has 0 saturated heterocycles. The van der Waals surface area contributed by atoms with Crippen molar-refractivity contribution in [2.75, 3.05) is 33.2 Å². The lowest BCUT2D eigenvalue weighted by atomic mass is 10.3. The van der Waals surface area contributed by atoms with Crippen LogP contribution in [0.2, 0.25) is 0 Å². The highest BCUT2D eigenvalue weighted by atomic mass is 16.2. The quantitative estimate of drug-likeness (QED) is 0.483. The predicted octanol–water partition coefficient (Wildman–Crippen LogP) is -0.887. The van der Waals surface area contributed by atoms with Crippen LogP contribution in [0.5, 0.6) is 0 Å². The van der Waals surface area contributed by atoms with Crippen LogP contribution in [0, 0.1) is 0 Å². The Morgan fingerprint density at radius 1 is 1.27 bits per heavy atom. The van der Waals surface area contributed by atoms with E-state index in [1.54, 1.807) is 4.90 Å². The number of hydrogen-bond donors (Lipinski definition) is 3. The number of nitrogens with zero attached hydrogens (tertiary/aromatic N) is 1. The Bertz CT molecular complexity index is 208. The molecule has 0 unspecified atom stereocenters. The number of likely N-dealkylation sites (N-methyl/N-ethyl adjacent to an activating group) is 1. The Balaban J connectivity index is 3.66. The number of rotatable bonds is 7. The fourth-order valence-corrected chi connectivity index (χ4v) is 1.15. The maximum atomic E-state index is 11.2. The van der Waals surface area contributed by atoms with Gasteiger partial charge < -0.3 is 21.3 Å². The number of carbonyl (C=O) groups excluding carboxylic acids is 2. The van der Waals surface area contributed by atoms with Gasteiger partial charge in [-0.3, -0.25) is 4.79 Å². The zero-order chi connectivity index (χ0) is 11.7. The second kappa shape index (κ2) is 8.05. The van der Waals surface area contributed by atoms with E-state index >= 15 is 0 Å². The molecule has 4 N–H and O–H groups in total. The molecule has 0 radical (unpaired) electrons. The predicted molar refractivity (Wildman–Crippen MR) is 58.4 cm³/mol. The molecule has 0 fully saturated rings. The average molecular weight is 216 g/mol. The Hall–Kier alpha value is -1.30. The molecule has 3 amide bonds. The average Bonchev–Trinajstić information content (AvgIpc) is 2.15. The molecule has 0 aliphatic carbocycles. The highest BCUT2D eigenvalue weighted by Crippen LogP contribution is 1.91. The number of nitrogens with one attached hydrogen (secondary N) is 2. The van der Waals surface area contributed by atoms with E-state index in [-0.39, 0.29) is 5.91 Å². The van der Waals surface area contributed by atoms with Gasteiger partial charge >= 0.3 is 6.03 Å². The van der Waals surface area contributed by atoms with E-state index in [4.69, 9.17) is 5.73 Å². The van der Waals surface area contributed by atoms with Crippen LogP contribution >= 0.6 is 0 Å². The molecule has 0 aliphatic heterocycles. The Labute approximate surface area is 90.2 Å². The van der Waals surface area contributed by atoms with Gasteiger partial charge in [0, 0.05) is 33.1 Å². The van der Waals surface area contributed by atoms with Gasteiger partial charge in [0.25, 0.3) is 0 Å². The van der Waals surface area contributed by atoms with E-state index in [2.05, 4.69) is 10.6 Å². The van der Waals surface area contributed by atoms with Crippen LogP contribution in [0.25, 0.3) is 0 Å². The van der Waals surface area contributed by atoms with Crippen LogP contribution in [-0.2, 0) is 4.79 Å². The number of hydrogen-bond acceptors (Lipinski definition) is 3. The molecule has 0 aromatic rings. The summed E-state index contributed by atoms with van der Waals surface area (Å²) in [4.78, 5) is 23.3. The molecule has 6 heteroatoms. The van der Waals surface area contributed by atoms with Gasteiger partial charge in [0.1, 0.15) is 0 Å². The Morgan fingerprint density at radius 2 is 1.93 bits per heavy atom. The summed E-state index contributed by atoms with van der Waals surface area (Å²) in [6.45, 7) is 4.12. The Morgan fingerprint density at radius 3 is 2.40 bits per heavy atom. The summed E-state index contributed by atoms with van der Waals surface area (Å²) in [6, 6.07) is -0.528. The van der Waals surface area contributed by atoms with Gasteiger partial charge in [0.2, 0.25) is 5.91 Å². The first-order valence-electron chi connectivity index (χ1n) is 5.01. The molecule has 88 valence electrons. The zero-order valence-electron chi connectivity index (χ0n) is 9.38. The molecular formula is C9H20N4O2. The first-order chi connectivity index (χ1) is 7.07. The normalized spacial score (nSPS) is 9.73. The molecule has 0 spiro atoms. The molecule has 6 nitrogen and oxygen atoms in total. The van der Waals surface area contributed by atoms with E-state index in [1.165, 1.54) is 6.92 Å². The van der Waals surface area contributed by atoms with Crippen molar-refractivity contribution in [3.8, 4) is 0 Å². The van der Waals surface area contributed by atoms with Gasteiger partial charge in [-0.05, 0) is 13.5 Å². The Kier molecular flexibility index (Phi) is 7.35. The monoisotopic (exact) mass is 216 g/mol. The summed E-state index contributed by atoms with van der Waals surface area (Å²) in [5.41, 5.74) is 4.91. The van der Waals surface area contributed by atoms with E-state index in [1.807, 2.05) is 7.05 Å². The van der Waals surface area contributed by atoms with E-state index in [0.717, 1.165) is 6.54 Å². The molecule has 0 saturated carbocycles. The highest BCUT2D eigenvalue weighted by molar-refractivity contribution is 5.73. The standard InChI is InChI=1S/C9H20N4O2/c1-8(14)13(7-5-11-2)6-3-4-12-9(10)15/h11H,3-7H2,1-2H3,(H3,10,12,15). The van der Waals surface area contributed by atoms with Crippen LogP contribution in [0.15, 0.2) is 0 Å². The van der Waals surface area contributed by atoms with E-state index in [9.17, 15) is 9.59 Å². The van der Waals surface area contributed by atoms with Crippen molar-refractivity contribution in [1.82, 2.24) is 15.5 Å². The van der Waals surface area contributed by atoms with Crippen molar-refractivity contribution in [1.29, 1.82) is 0 Å². The van der Waals surface area contributed by atoms with Crippen molar-refractivity contribution >= 4 is 11.9 Å². The first-order valence-corrected chi connectivity index (χ1v) is 5.01. The third-order valence-corrected chi connectivity index (χ3v) is 1.98. The lowest BCUT2D eigenvalue weighted by Gasteiger charge is -2.20. The third-order valence-electron chi connectivity index (χ3n) is 1.98. The molecule has 0 aromatic heterocycles. The van der Waals surface area contributed by atoms with Gasteiger partial charge in [-0.15, -0.1) is 0 Å². The fraction of sp³-hybridized carbons (Fsp3) is 0.778. The lowest BCUT2D eigenvalue weighted by Crippen LogP contribution is -2.37. The largest absolute Gasteiger partial charge is 0.352 e. The van der Waals surface area contributed by atoms with E-state index < -0.39 is 6.03 Å². The fourth-order valence-electron chi connectivity index (χ4n) is 1.15. The second-order valence-corrected chi connectivity index (χ2v) is 3.25. The van der Waals surface area contributed by atoms with Gasteiger partial charge in [0.05, 0.1) is 0 Å². The van der Waals surface area contributed by atoms with Crippen LogP contribution in [-0.4, -0.2) is 50.1 Å². The summed E-state index contributed by atoms with van der Waals surface area (Å²) in [5.74, 6) is 0.0457. The van der Waals surface area contributed by atoms with Gasteiger partial charge in [-0.1, -0.05) is 0 Å². The summed E-state index contributed by atoms with van der Waals surface area (Å²) in [5, 5.41) is 5.46. The molecule has 0 bridgehead atoms. The molecular weight excluding hydrogens is 196 g/mol. The number of primary amides is 1. The lowest BCUT2D eigenvalue weighted by molar-refractivity contribution is -0.128. The van der Waals surface area contributed by atoms with Crippen molar-refractivity contribution in [2.24, 2.45) is 5.73 Å². The van der Waals surface area contributed by atoms with Crippen LogP contribution in [0.4, 0.5) is 4.79 Å². The van der Waals surface area contributed by atoms with Crippen LogP contribution in [0.3, 0.4) is 0 Å². The third kappa shape index (κ3) is 7.75. The van der Waals surface area contributed by atoms with Crippen LogP contribution in [0.1, 0.15) is 13.3 Å². The second-order valence-electron chi connectivity index (χ2n) is 3.25. The maximum absolute atomic E-state index is 11.2.